The van der Waals surface area contributed by atoms with Gasteiger partial charge in [-0.25, -0.2) is 4.39 Å². The van der Waals surface area contributed by atoms with Gasteiger partial charge in [0.05, 0.1) is 11.6 Å². The Labute approximate surface area is 123 Å². The molecular weight excluding hydrogens is 267 g/mol. The van der Waals surface area contributed by atoms with Gasteiger partial charge in [0.25, 0.3) is 0 Å². The number of hydrogen-bond acceptors (Lipinski definition) is 3. The molecule has 0 saturated heterocycles. The van der Waals surface area contributed by atoms with Crippen molar-refractivity contribution in [3.05, 3.63) is 64.5 Å². The molecule has 2 rings (SSSR count). The van der Waals surface area contributed by atoms with Crippen molar-refractivity contribution in [1.82, 2.24) is 0 Å². The highest BCUT2D eigenvalue weighted by Gasteiger charge is 2.09. The van der Waals surface area contributed by atoms with Gasteiger partial charge in [-0.1, -0.05) is 12.1 Å². The lowest BCUT2D eigenvalue weighted by Gasteiger charge is -2.15. The molecule has 0 amide bonds. The first-order chi connectivity index (χ1) is 9.99. The Balaban J connectivity index is 2.22. The number of nitriles is 1. The van der Waals surface area contributed by atoms with E-state index in [0.717, 1.165) is 11.1 Å². The van der Waals surface area contributed by atoms with E-state index in [1.54, 1.807) is 6.07 Å². The number of rotatable bonds is 4. The second-order valence-electron chi connectivity index (χ2n) is 5.08. The molecule has 1 atom stereocenters. The number of aryl methyl sites for hydroxylation is 1. The van der Waals surface area contributed by atoms with Gasteiger partial charge in [-0.2, -0.15) is 5.26 Å². The van der Waals surface area contributed by atoms with Crippen LogP contribution >= 0.6 is 0 Å². The van der Waals surface area contributed by atoms with Crippen LogP contribution in [0.3, 0.4) is 0 Å². The normalized spacial score (nSPS) is 11.8. The highest BCUT2D eigenvalue weighted by atomic mass is 19.1. The van der Waals surface area contributed by atoms with Gasteiger partial charge in [0.2, 0.25) is 0 Å². The summed E-state index contributed by atoms with van der Waals surface area (Å²) in [6.45, 7) is 4.04. The maximum absolute atomic E-state index is 13.4. The summed E-state index contributed by atoms with van der Waals surface area (Å²) < 4.78 is 19.1. The summed E-state index contributed by atoms with van der Waals surface area (Å²) in [6.07, 6.45) is 0. The zero-order chi connectivity index (χ0) is 15.4. The highest BCUT2D eigenvalue weighted by Crippen LogP contribution is 2.26. The summed E-state index contributed by atoms with van der Waals surface area (Å²) >= 11 is 0. The van der Waals surface area contributed by atoms with Crippen molar-refractivity contribution in [1.29, 1.82) is 5.26 Å². The molecule has 0 radical (unpaired) electrons. The molecule has 21 heavy (non-hydrogen) atoms. The number of halogens is 1. The first kappa shape index (κ1) is 15.0. The van der Waals surface area contributed by atoms with Gasteiger partial charge in [-0.05, 0) is 49.2 Å². The molecule has 3 nitrogen and oxygen atoms in total. The van der Waals surface area contributed by atoms with Crippen LogP contribution in [0.15, 0.2) is 36.4 Å². The fourth-order valence-corrected chi connectivity index (χ4v) is 2.10. The van der Waals surface area contributed by atoms with Crippen molar-refractivity contribution in [2.75, 3.05) is 0 Å². The minimum atomic E-state index is -0.440. The zero-order valence-corrected chi connectivity index (χ0v) is 12.1. The predicted molar refractivity (Wildman–Crippen MR) is 79.2 cm³/mol. The number of nitrogens with zero attached hydrogens (tertiary/aromatic N) is 1. The van der Waals surface area contributed by atoms with Crippen LogP contribution in [-0.2, 0) is 6.61 Å². The molecular formula is C17H17FN2O. The van der Waals surface area contributed by atoms with Crippen LogP contribution in [0.2, 0.25) is 0 Å². The van der Waals surface area contributed by atoms with Gasteiger partial charge < -0.3 is 10.5 Å². The Kier molecular flexibility index (Phi) is 4.56. The largest absolute Gasteiger partial charge is 0.489 e. The molecule has 2 N–H and O–H groups in total. The molecule has 2 aromatic carbocycles. The van der Waals surface area contributed by atoms with E-state index in [4.69, 9.17) is 15.7 Å². The molecule has 4 heteroatoms. The lowest BCUT2D eigenvalue weighted by Crippen LogP contribution is -2.08. The van der Waals surface area contributed by atoms with Gasteiger partial charge >= 0.3 is 0 Å². The standard InChI is InChI=1S/C17H17FN2O/c1-11-3-4-16(12(2)20)17(5-11)21-10-14-6-13(9-19)7-15(18)8-14/h3-8,12H,10,20H2,1-2H3/t12-/m1/s1. The highest BCUT2D eigenvalue weighted by molar-refractivity contribution is 5.39. The number of ether oxygens (including phenoxy) is 1. The average Bonchev–Trinajstić information content (AvgIpc) is 2.44. The fourth-order valence-electron chi connectivity index (χ4n) is 2.10. The maximum atomic E-state index is 13.4. The quantitative estimate of drug-likeness (QED) is 0.933. The lowest BCUT2D eigenvalue weighted by atomic mass is 10.1. The van der Waals surface area contributed by atoms with Crippen LogP contribution in [0.25, 0.3) is 0 Å². The molecule has 2 aromatic rings. The van der Waals surface area contributed by atoms with Gasteiger partial charge in [0.1, 0.15) is 18.2 Å². The van der Waals surface area contributed by atoms with Crippen LogP contribution in [-0.4, -0.2) is 0 Å². The second kappa shape index (κ2) is 6.38. The molecule has 108 valence electrons. The van der Waals surface area contributed by atoms with E-state index in [2.05, 4.69) is 0 Å². The number of nitrogens with two attached hydrogens (primary N) is 1. The number of hydrogen-bond donors (Lipinski definition) is 1. The Morgan fingerprint density at radius 3 is 2.71 bits per heavy atom. The minimum Gasteiger partial charge on any atom is -0.489 e. The van der Waals surface area contributed by atoms with Crippen molar-refractivity contribution in [2.24, 2.45) is 5.73 Å². The molecule has 0 spiro atoms. The fraction of sp³-hybridized carbons (Fsp3) is 0.235. The predicted octanol–water partition coefficient (Wildman–Crippen LogP) is 3.60. The SMILES string of the molecule is Cc1ccc([C@@H](C)N)c(OCc2cc(F)cc(C#N)c2)c1. The van der Waals surface area contributed by atoms with E-state index in [1.807, 2.05) is 38.1 Å². The molecule has 0 fully saturated rings. The third kappa shape index (κ3) is 3.80. The number of benzene rings is 2. The monoisotopic (exact) mass is 284 g/mol. The molecule has 0 aliphatic rings. The van der Waals surface area contributed by atoms with Crippen molar-refractivity contribution < 1.29 is 9.13 Å². The Hall–Kier alpha value is -2.38. The summed E-state index contributed by atoms with van der Waals surface area (Å²) in [5.74, 6) is 0.247. The average molecular weight is 284 g/mol. The summed E-state index contributed by atoms with van der Waals surface area (Å²) in [5, 5.41) is 8.85. The van der Waals surface area contributed by atoms with E-state index >= 15 is 0 Å². The van der Waals surface area contributed by atoms with Crippen LogP contribution in [0.1, 0.15) is 35.2 Å². The molecule has 0 aliphatic carbocycles. The van der Waals surface area contributed by atoms with Gasteiger partial charge in [0.15, 0.2) is 0 Å². The van der Waals surface area contributed by atoms with Crippen molar-refractivity contribution in [3.8, 4) is 11.8 Å². The van der Waals surface area contributed by atoms with E-state index in [0.29, 0.717) is 11.3 Å². The zero-order valence-electron chi connectivity index (χ0n) is 12.1. The lowest BCUT2D eigenvalue weighted by molar-refractivity contribution is 0.300. The molecule has 0 unspecified atom stereocenters. The van der Waals surface area contributed by atoms with Crippen LogP contribution in [0.5, 0.6) is 5.75 Å². The Morgan fingerprint density at radius 2 is 2.05 bits per heavy atom. The van der Waals surface area contributed by atoms with Crippen molar-refractivity contribution in [2.45, 2.75) is 26.5 Å². The van der Waals surface area contributed by atoms with Crippen molar-refractivity contribution in [3.63, 3.8) is 0 Å². The van der Waals surface area contributed by atoms with E-state index in [-0.39, 0.29) is 18.2 Å². The Bertz CT molecular complexity index is 690. The molecule has 0 heterocycles. The smallest absolute Gasteiger partial charge is 0.124 e. The van der Waals surface area contributed by atoms with Gasteiger partial charge in [-0.15, -0.1) is 0 Å². The summed E-state index contributed by atoms with van der Waals surface area (Å²) in [5.41, 5.74) is 8.78. The maximum Gasteiger partial charge on any atom is 0.124 e. The van der Waals surface area contributed by atoms with Gasteiger partial charge in [-0.3, -0.25) is 0 Å². The molecule has 0 bridgehead atoms. The first-order valence-electron chi connectivity index (χ1n) is 6.68. The van der Waals surface area contributed by atoms with Crippen molar-refractivity contribution >= 4 is 0 Å². The van der Waals surface area contributed by atoms with Crippen LogP contribution < -0.4 is 10.5 Å². The molecule has 0 aliphatic heterocycles. The second-order valence-corrected chi connectivity index (χ2v) is 5.08. The van der Waals surface area contributed by atoms with E-state index < -0.39 is 5.82 Å². The summed E-state index contributed by atoms with van der Waals surface area (Å²) in [4.78, 5) is 0. The third-order valence-electron chi connectivity index (χ3n) is 3.14. The van der Waals surface area contributed by atoms with Crippen LogP contribution in [0.4, 0.5) is 4.39 Å². The minimum absolute atomic E-state index is 0.150. The van der Waals surface area contributed by atoms with Crippen LogP contribution in [0, 0.1) is 24.1 Å². The van der Waals surface area contributed by atoms with Gasteiger partial charge in [0, 0.05) is 11.6 Å². The summed E-state index contributed by atoms with van der Waals surface area (Å²) in [7, 11) is 0. The molecule has 0 aromatic heterocycles. The molecule has 0 saturated carbocycles. The Morgan fingerprint density at radius 1 is 1.29 bits per heavy atom. The van der Waals surface area contributed by atoms with E-state index in [9.17, 15) is 4.39 Å². The third-order valence-corrected chi connectivity index (χ3v) is 3.14. The van der Waals surface area contributed by atoms with E-state index in [1.165, 1.54) is 12.1 Å². The summed E-state index contributed by atoms with van der Waals surface area (Å²) in [6, 6.07) is 11.8. The topological polar surface area (TPSA) is 59.0 Å². The first-order valence-corrected chi connectivity index (χ1v) is 6.68.